The number of halogens is 2. The summed E-state index contributed by atoms with van der Waals surface area (Å²) in [6, 6.07) is 7.08. The topological polar surface area (TPSA) is 36.4 Å². The van der Waals surface area contributed by atoms with Crippen molar-refractivity contribution in [3.05, 3.63) is 35.6 Å². The highest BCUT2D eigenvalue weighted by atomic mass is 127. The molecule has 1 fully saturated rings. The van der Waals surface area contributed by atoms with E-state index in [1.165, 1.54) is 37.7 Å². The molecule has 0 atom stereocenters. The number of aliphatic imine (C=N–C) groups is 1. The van der Waals surface area contributed by atoms with Crippen molar-refractivity contribution in [2.75, 3.05) is 19.6 Å². The van der Waals surface area contributed by atoms with Crippen LogP contribution >= 0.6 is 24.0 Å². The van der Waals surface area contributed by atoms with Gasteiger partial charge in [-0.05, 0) is 37.0 Å². The predicted octanol–water partition coefficient (Wildman–Crippen LogP) is 3.58. The van der Waals surface area contributed by atoms with Crippen molar-refractivity contribution in [2.24, 2.45) is 4.99 Å². The van der Waals surface area contributed by atoms with E-state index < -0.39 is 0 Å². The summed E-state index contributed by atoms with van der Waals surface area (Å²) in [5.41, 5.74) is 1.38. The van der Waals surface area contributed by atoms with E-state index >= 15 is 0 Å². The summed E-state index contributed by atoms with van der Waals surface area (Å²) in [7, 11) is 0. The molecule has 0 spiro atoms. The molecule has 3 rings (SSSR count). The Balaban J connectivity index is 0.00000176. The maximum atomic E-state index is 13.2. The SMILES string of the molecule is Fc1ccc(C2(CNC3=NCCCN3)CCCCC2)cc1.I. The summed E-state index contributed by atoms with van der Waals surface area (Å²) in [6.07, 6.45) is 7.24. The number of hydrogen-bond donors (Lipinski definition) is 2. The molecule has 1 aliphatic heterocycles. The monoisotopic (exact) mass is 417 g/mol. The van der Waals surface area contributed by atoms with Gasteiger partial charge in [0, 0.05) is 25.0 Å². The zero-order valence-electron chi connectivity index (χ0n) is 12.9. The second-order valence-corrected chi connectivity index (χ2v) is 6.21. The van der Waals surface area contributed by atoms with Gasteiger partial charge in [0.1, 0.15) is 5.82 Å². The summed E-state index contributed by atoms with van der Waals surface area (Å²) >= 11 is 0. The first-order chi connectivity index (χ1) is 10.3. The fourth-order valence-electron chi connectivity index (χ4n) is 3.50. The largest absolute Gasteiger partial charge is 0.356 e. The van der Waals surface area contributed by atoms with Crippen LogP contribution in [-0.2, 0) is 5.41 Å². The fraction of sp³-hybridized carbons (Fsp3) is 0.588. The number of nitrogens with one attached hydrogen (secondary N) is 2. The Kier molecular flexibility index (Phi) is 6.47. The second-order valence-electron chi connectivity index (χ2n) is 6.21. The number of nitrogens with zero attached hydrogens (tertiary/aromatic N) is 1. The molecule has 1 heterocycles. The Bertz CT molecular complexity index is 495. The Morgan fingerprint density at radius 1 is 1.09 bits per heavy atom. The summed E-state index contributed by atoms with van der Waals surface area (Å²) in [6.45, 7) is 2.78. The maximum absolute atomic E-state index is 13.2. The summed E-state index contributed by atoms with van der Waals surface area (Å²) < 4.78 is 13.2. The molecular formula is C17H25FIN3. The molecule has 1 aromatic rings. The quantitative estimate of drug-likeness (QED) is 0.738. The minimum atomic E-state index is -0.156. The van der Waals surface area contributed by atoms with E-state index in [2.05, 4.69) is 15.6 Å². The molecule has 1 saturated carbocycles. The average molecular weight is 417 g/mol. The lowest BCUT2D eigenvalue weighted by molar-refractivity contribution is 0.290. The lowest BCUT2D eigenvalue weighted by Crippen LogP contribution is -2.48. The van der Waals surface area contributed by atoms with Crippen LogP contribution < -0.4 is 10.6 Å². The molecule has 0 bridgehead atoms. The minimum absolute atomic E-state index is 0. The molecule has 0 amide bonds. The number of rotatable bonds is 3. The summed E-state index contributed by atoms with van der Waals surface area (Å²) in [5, 5.41) is 6.81. The summed E-state index contributed by atoms with van der Waals surface area (Å²) in [4.78, 5) is 4.49. The van der Waals surface area contributed by atoms with E-state index in [1.807, 2.05) is 12.1 Å². The van der Waals surface area contributed by atoms with Gasteiger partial charge in [0.05, 0.1) is 0 Å². The predicted molar refractivity (Wildman–Crippen MR) is 99.5 cm³/mol. The van der Waals surface area contributed by atoms with Gasteiger partial charge >= 0.3 is 0 Å². The van der Waals surface area contributed by atoms with Crippen LogP contribution in [0.4, 0.5) is 4.39 Å². The standard InChI is InChI=1S/C17H24FN3.HI/c18-15-7-5-14(6-8-15)17(9-2-1-3-10-17)13-21-16-19-11-4-12-20-16;/h5-8H,1-4,9-13H2,(H2,19,20,21);1H. The molecule has 1 aromatic carbocycles. The van der Waals surface area contributed by atoms with Gasteiger partial charge in [-0.15, -0.1) is 24.0 Å². The molecular weight excluding hydrogens is 392 g/mol. The normalized spacial score (nSPS) is 20.3. The minimum Gasteiger partial charge on any atom is -0.356 e. The van der Waals surface area contributed by atoms with Gasteiger partial charge in [-0.2, -0.15) is 0 Å². The third-order valence-corrected chi connectivity index (χ3v) is 4.76. The molecule has 0 unspecified atom stereocenters. The fourth-order valence-corrected chi connectivity index (χ4v) is 3.50. The van der Waals surface area contributed by atoms with Gasteiger partial charge in [0.25, 0.3) is 0 Å². The first-order valence-electron chi connectivity index (χ1n) is 8.07. The van der Waals surface area contributed by atoms with E-state index in [0.29, 0.717) is 0 Å². The third kappa shape index (κ3) is 4.12. The van der Waals surface area contributed by atoms with Crippen molar-refractivity contribution in [3.8, 4) is 0 Å². The van der Waals surface area contributed by atoms with Gasteiger partial charge in [-0.25, -0.2) is 4.39 Å². The highest BCUT2D eigenvalue weighted by Crippen LogP contribution is 2.39. The molecule has 3 nitrogen and oxygen atoms in total. The molecule has 122 valence electrons. The van der Waals surface area contributed by atoms with E-state index in [0.717, 1.165) is 32.0 Å². The van der Waals surface area contributed by atoms with Crippen LogP contribution in [0.5, 0.6) is 0 Å². The van der Waals surface area contributed by atoms with Gasteiger partial charge in [-0.3, -0.25) is 4.99 Å². The second kappa shape index (κ2) is 8.13. The first kappa shape index (κ1) is 17.5. The highest BCUT2D eigenvalue weighted by molar-refractivity contribution is 14.0. The van der Waals surface area contributed by atoms with Crippen molar-refractivity contribution in [3.63, 3.8) is 0 Å². The van der Waals surface area contributed by atoms with Crippen molar-refractivity contribution in [1.82, 2.24) is 10.6 Å². The number of guanidine groups is 1. The van der Waals surface area contributed by atoms with Gasteiger partial charge < -0.3 is 10.6 Å². The molecule has 0 aromatic heterocycles. The van der Waals surface area contributed by atoms with Crippen LogP contribution in [0.25, 0.3) is 0 Å². The van der Waals surface area contributed by atoms with Gasteiger partial charge in [-0.1, -0.05) is 31.4 Å². The Labute approximate surface area is 149 Å². The summed E-state index contributed by atoms with van der Waals surface area (Å²) in [5.74, 6) is 0.768. The maximum Gasteiger partial charge on any atom is 0.191 e. The van der Waals surface area contributed by atoms with E-state index in [9.17, 15) is 4.39 Å². The van der Waals surface area contributed by atoms with Crippen molar-refractivity contribution >= 4 is 29.9 Å². The number of benzene rings is 1. The zero-order chi connectivity index (χ0) is 14.5. The van der Waals surface area contributed by atoms with Gasteiger partial charge in [0.2, 0.25) is 0 Å². The van der Waals surface area contributed by atoms with E-state index in [4.69, 9.17) is 0 Å². The third-order valence-electron chi connectivity index (χ3n) is 4.76. The van der Waals surface area contributed by atoms with E-state index in [-0.39, 0.29) is 35.2 Å². The van der Waals surface area contributed by atoms with Gasteiger partial charge in [0.15, 0.2) is 5.96 Å². The Morgan fingerprint density at radius 3 is 2.45 bits per heavy atom. The Morgan fingerprint density at radius 2 is 1.82 bits per heavy atom. The molecule has 2 N–H and O–H groups in total. The molecule has 5 heteroatoms. The highest BCUT2D eigenvalue weighted by Gasteiger charge is 2.34. The van der Waals surface area contributed by atoms with E-state index in [1.54, 1.807) is 12.1 Å². The van der Waals surface area contributed by atoms with Crippen molar-refractivity contribution in [1.29, 1.82) is 0 Å². The van der Waals surface area contributed by atoms with Crippen LogP contribution in [0.1, 0.15) is 44.1 Å². The zero-order valence-corrected chi connectivity index (χ0v) is 15.2. The molecule has 1 aliphatic carbocycles. The van der Waals surface area contributed by atoms with Crippen LogP contribution in [0, 0.1) is 5.82 Å². The lowest BCUT2D eigenvalue weighted by Gasteiger charge is -2.38. The molecule has 0 saturated heterocycles. The van der Waals surface area contributed by atoms with Crippen LogP contribution in [0.2, 0.25) is 0 Å². The average Bonchev–Trinajstić information content (AvgIpc) is 2.55. The van der Waals surface area contributed by atoms with Crippen LogP contribution in [0.15, 0.2) is 29.3 Å². The van der Waals surface area contributed by atoms with Crippen LogP contribution in [-0.4, -0.2) is 25.6 Å². The molecule has 2 aliphatic rings. The van der Waals surface area contributed by atoms with Crippen molar-refractivity contribution in [2.45, 2.75) is 43.9 Å². The molecule has 0 radical (unpaired) electrons. The molecule has 22 heavy (non-hydrogen) atoms. The Hall–Kier alpha value is -0.850. The smallest absolute Gasteiger partial charge is 0.191 e. The first-order valence-corrected chi connectivity index (χ1v) is 8.07. The lowest BCUT2D eigenvalue weighted by atomic mass is 9.69. The van der Waals surface area contributed by atoms with Crippen molar-refractivity contribution < 1.29 is 4.39 Å². The van der Waals surface area contributed by atoms with Crippen LogP contribution in [0.3, 0.4) is 0 Å². The number of hydrogen-bond acceptors (Lipinski definition) is 3.